The van der Waals surface area contributed by atoms with Crippen LogP contribution in [0.4, 0.5) is 11.4 Å². The van der Waals surface area contributed by atoms with Crippen molar-refractivity contribution in [1.29, 1.82) is 0 Å². The van der Waals surface area contributed by atoms with Gasteiger partial charge in [0.1, 0.15) is 5.82 Å². The Morgan fingerprint density at radius 1 is 1.45 bits per heavy atom. The molecule has 0 saturated carbocycles. The van der Waals surface area contributed by atoms with Crippen molar-refractivity contribution in [3.8, 4) is 0 Å². The first kappa shape index (κ1) is 14.7. The van der Waals surface area contributed by atoms with Crippen molar-refractivity contribution >= 4 is 33.0 Å². The highest BCUT2D eigenvalue weighted by Gasteiger charge is 2.20. The molecule has 1 heterocycles. The molecule has 1 aromatic heterocycles. The second-order valence-electron chi connectivity index (χ2n) is 4.25. The summed E-state index contributed by atoms with van der Waals surface area (Å²) in [7, 11) is -3.77. The van der Waals surface area contributed by atoms with E-state index in [4.69, 9.17) is 17.3 Å². The van der Waals surface area contributed by atoms with E-state index < -0.39 is 10.0 Å². The maximum Gasteiger partial charge on any atom is 0.281 e. The molecule has 0 aliphatic heterocycles. The van der Waals surface area contributed by atoms with Crippen LogP contribution in [0.1, 0.15) is 12.7 Å². The second kappa shape index (κ2) is 5.34. The fourth-order valence-electron chi connectivity index (χ4n) is 1.75. The van der Waals surface area contributed by atoms with E-state index in [-0.39, 0.29) is 16.4 Å². The number of aryl methyl sites for hydroxylation is 2. The summed E-state index contributed by atoms with van der Waals surface area (Å²) in [6.07, 6.45) is 1.49. The Hall–Kier alpha value is -1.73. The summed E-state index contributed by atoms with van der Waals surface area (Å²) >= 11 is 5.78. The number of halogens is 1. The predicted molar refractivity (Wildman–Crippen MR) is 79.3 cm³/mol. The van der Waals surface area contributed by atoms with Crippen molar-refractivity contribution in [2.24, 2.45) is 0 Å². The smallest absolute Gasteiger partial charge is 0.281 e. The minimum Gasteiger partial charge on any atom is -0.397 e. The lowest BCUT2D eigenvalue weighted by molar-refractivity contribution is 0.598. The maximum absolute atomic E-state index is 12.2. The van der Waals surface area contributed by atoms with E-state index in [0.717, 1.165) is 0 Å². The number of nitrogen functional groups attached to an aromatic ring is 1. The molecule has 0 aliphatic rings. The van der Waals surface area contributed by atoms with Gasteiger partial charge in [0.15, 0.2) is 5.03 Å². The van der Waals surface area contributed by atoms with Crippen LogP contribution in [0.25, 0.3) is 0 Å². The fourth-order valence-corrected chi connectivity index (χ4v) is 3.03. The summed E-state index contributed by atoms with van der Waals surface area (Å²) in [5.41, 5.74) is 6.26. The van der Waals surface area contributed by atoms with Crippen molar-refractivity contribution < 1.29 is 8.42 Å². The van der Waals surface area contributed by atoms with Crippen LogP contribution in [-0.4, -0.2) is 18.0 Å². The molecular weight excluding hydrogens is 300 g/mol. The SMILES string of the molecule is CCn1cc(S(=O)(=O)Nc2ccc(Cl)cc2N)nc1C. The molecule has 0 bridgehead atoms. The number of hydrogen-bond acceptors (Lipinski definition) is 4. The molecule has 0 saturated heterocycles. The van der Waals surface area contributed by atoms with Crippen molar-refractivity contribution in [3.05, 3.63) is 35.2 Å². The fraction of sp³-hybridized carbons (Fsp3) is 0.250. The summed E-state index contributed by atoms with van der Waals surface area (Å²) in [6.45, 7) is 4.31. The second-order valence-corrected chi connectivity index (χ2v) is 6.32. The molecule has 0 unspecified atom stereocenters. The maximum atomic E-state index is 12.2. The van der Waals surface area contributed by atoms with Crippen LogP contribution in [0, 0.1) is 6.92 Å². The third-order valence-electron chi connectivity index (χ3n) is 2.83. The molecular formula is C12H15ClN4O2S. The van der Waals surface area contributed by atoms with E-state index in [0.29, 0.717) is 17.4 Å². The minimum absolute atomic E-state index is 0.0359. The standard InChI is InChI=1S/C12H15ClN4O2S/c1-3-17-7-12(15-8(17)2)20(18,19)16-11-5-4-9(13)6-10(11)14/h4-7,16H,3,14H2,1-2H3. The Balaban J connectivity index is 2.35. The number of nitrogens with zero attached hydrogens (tertiary/aromatic N) is 2. The first-order valence-electron chi connectivity index (χ1n) is 5.95. The first-order valence-corrected chi connectivity index (χ1v) is 7.81. The molecule has 6 nitrogen and oxygen atoms in total. The van der Waals surface area contributed by atoms with Crippen LogP contribution in [-0.2, 0) is 16.6 Å². The molecule has 0 amide bonds. The van der Waals surface area contributed by atoms with Crippen LogP contribution in [0.5, 0.6) is 0 Å². The van der Waals surface area contributed by atoms with Crippen LogP contribution < -0.4 is 10.5 Å². The number of nitrogens with one attached hydrogen (secondary N) is 1. The van der Waals surface area contributed by atoms with Gasteiger partial charge in [-0.05, 0) is 32.0 Å². The molecule has 20 heavy (non-hydrogen) atoms. The molecule has 0 aliphatic carbocycles. The first-order chi connectivity index (χ1) is 9.33. The highest BCUT2D eigenvalue weighted by molar-refractivity contribution is 7.92. The van der Waals surface area contributed by atoms with Gasteiger partial charge in [0.25, 0.3) is 10.0 Å². The third-order valence-corrected chi connectivity index (χ3v) is 4.30. The Morgan fingerprint density at radius 2 is 2.15 bits per heavy atom. The van der Waals surface area contributed by atoms with E-state index >= 15 is 0 Å². The van der Waals surface area contributed by atoms with Gasteiger partial charge < -0.3 is 10.3 Å². The molecule has 2 aromatic rings. The van der Waals surface area contributed by atoms with Crippen molar-refractivity contribution in [2.75, 3.05) is 10.5 Å². The van der Waals surface area contributed by atoms with Gasteiger partial charge in [-0.25, -0.2) is 4.98 Å². The lowest BCUT2D eigenvalue weighted by atomic mass is 10.3. The van der Waals surface area contributed by atoms with Crippen LogP contribution in [0.3, 0.4) is 0 Å². The van der Waals surface area contributed by atoms with Gasteiger partial charge in [0, 0.05) is 17.8 Å². The van der Waals surface area contributed by atoms with Crippen LogP contribution in [0.2, 0.25) is 5.02 Å². The quantitative estimate of drug-likeness (QED) is 0.847. The highest BCUT2D eigenvalue weighted by Crippen LogP contribution is 2.25. The van der Waals surface area contributed by atoms with Gasteiger partial charge in [0.2, 0.25) is 0 Å². The lowest BCUT2D eigenvalue weighted by Crippen LogP contribution is -2.14. The molecule has 0 atom stereocenters. The number of benzene rings is 1. The number of nitrogens with two attached hydrogens (primary N) is 1. The van der Waals surface area contributed by atoms with E-state index in [9.17, 15) is 8.42 Å². The Bertz CT molecular complexity index is 740. The number of aromatic nitrogens is 2. The molecule has 1 aromatic carbocycles. The molecule has 0 fully saturated rings. The third kappa shape index (κ3) is 2.88. The average Bonchev–Trinajstić information content (AvgIpc) is 2.75. The summed E-state index contributed by atoms with van der Waals surface area (Å²) in [4.78, 5) is 4.04. The molecule has 2 rings (SSSR count). The van der Waals surface area contributed by atoms with E-state index in [2.05, 4.69) is 9.71 Å². The number of hydrogen-bond donors (Lipinski definition) is 2. The zero-order valence-corrected chi connectivity index (χ0v) is 12.7. The van der Waals surface area contributed by atoms with E-state index in [1.807, 2.05) is 6.92 Å². The molecule has 8 heteroatoms. The van der Waals surface area contributed by atoms with Crippen molar-refractivity contribution in [3.63, 3.8) is 0 Å². The Labute approximate surface area is 122 Å². The minimum atomic E-state index is -3.77. The molecule has 0 spiro atoms. The van der Waals surface area contributed by atoms with Crippen molar-refractivity contribution in [1.82, 2.24) is 9.55 Å². The summed E-state index contributed by atoms with van der Waals surface area (Å²) in [6, 6.07) is 4.56. The molecule has 0 radical (unpaired) electrons. The zero-order valence-electron chi connectivity index (χ0n) is 11.1. The van der Waals surface area contributed by atoms with Gasteiger partial charge in [-0.3, -0.25) is 4.72 Å². The van der Waals surface area contributed by atoms with Gasteiger partial charge in [-0.2, -0.15) is 8.42 Å². The Kier molecular flexibility index (Phi) is 3.92. The van der Waals surface area contributed by atoms with Crippen LogP contribution >= 0.6 is 11.6 Å². The average molecular weight is 315 g/mol. The summed E-state index contributed by atoms with van der Waals surface area (Å²) in [5.74, 6) is 0.636. The summed E-state index contributed by atoms with van der Waals surface area (Å²) < 4.78 is 28.6. The predicted octanol–water partition coefficient (Wildman–Crippen LogP) is 2.25. The Morgan fingerprint density at radius 3 is 2.70 bits per heavy atom. The van der Waals surface area contributed by atoms with Gasteiger partial charge in [-0.15, -0.1) is 0 Å². The topological polar surface area (TPSA) is 90.0 Å². The largest absolute Gasteiger partial charge is 0.397 e. The number of sulfonamides is 1. The van der Waals surface area contributed by atoms with Crippen molar-refractivity contribution in [2.45, 2.75) is 25.4 Å². The molecule has 108 valence electrons. The number of rotatable bonds is 4. The molecule has 3 N–H and O–H groups in total. The normalized spacial score (nSPS) is 11.6. The van der Waals surface area contributed by atoms with Gasteiger partial charge >= 0.3 is 0 Å². The monoisotopic (exact) mass is 314 g/mol. The lowest BCUT2D eigenvalue weighted by Gasteiger charge is -2.08. The highest BCUT2D eigenvalue weighted by atomic mass is 35.5. The number of anilines is 2. The zero-order chi connectivity index (χ0) is 14.9. The van der Waals surface area contributed by atoms with E-state index in [1.165, 1.54) is 18.3 Å². The van der Waals surface area contributed by atoms with Crippen LogP contribution in [0.15, 0.2) is 29.4 Å². The van der Waals surface area contributed by atoms with Gasteiger partial charge in [0.05, 0.1) is 11.4 Å². The summed E-state index contributed by atoms with van der Waals surface area (Å²) in [5, 5.41) is 0.405. The number of imidazole rings is 1. The van der Waals surface area contributed by atoms with Gasteiger partial charge in [-0.1, -0.05) is 11.6 Å². The van der Waals surface area contributed by atoms with E-state index in [1.54, 1.807) is 17.6 Å².